The van der Waals surface area contributed by atoms with Crippen LogP contribution in [0.1, 0.15) is 33.6 Å². The largest absolute Gasteiger partial charge is 0.329 e. The van der Waals surface area contributed by atoms with E-state index in [4.69, 9.17) is 0 Å². The van der Waals surface area contributed by atoms with Gasteiger partial charge in [-0.15, -0.1) is 0 Å². The average molecular weight is 306 g/mol. The maximum absolute atomic E-state index is 12.8. The summed E-state index contributed by atoms with van der Waals surface area (Å²) in [5, 5.41) is 4.16. The smallest absolute Gasteiger partial charge is 0.262 e. The van der Waals surface area contributed by atoms with Crippen molar-refractivity contribution in [1.29, 1.82) is 0 Å². The van der Waals surface area contributed by atoms with Crippen LogP contribution in [0.2, 0.25) is 0 Å². The second-order valence-corrected chi connectivity index (χ2v) is 5.84. The van der Waals surface area contributed by atoms with E-state index in [1.54, 1.807) is 24.3 Å². The Morgan fingerprint density at radius 2 is 1.61 bits per heavy atom. The van der Waals surface area contributed by atoms with Crippen LogP contribution in [0, 0.1) is 0 Å². The summed E-state index contributed by atoms with van der Waals surface area (Å²) in [6.07, 6.45) is 0.958. The molecule has 4 rings (SSSR count). The van der Waals surface area contributed by atoms with E-state index in [9.17, 15) is 14.4 Å². The van der Waals surface area contributed by atoms with Crippen LogP contribution >= 0.6 is 0 Å². The van der Waals surface area contributed by atoms with Gasteiger partial charge in [-0.05, 0) is 30.4 Å². The van der Waals surface area contributed by atoms with E-state index >= 15 is 0 Å². The number of piperidine rings is 1. The van der Waals surface area contributed by atoms with Crippen molar-refractivity contribution in [3.8, 4) is 0 Å². The highest BCUT2D eigenvalue weighted by molar-refractivity contribution is 6.26. The first kappa shape index (κ1) is 13.7. The molecule has 1 atom stereocenters. The summed E-state index contributed by atoms with van der Waals surface area (Å²) in [4.78, 5) is 39.0. The van der Waals surface area contributed by atoms with Crippen molar-refractivity contribution in [3.63, 3.8) is 0 Å². The fourth-order valence-corrected chi connectivity index (χ4v) is 3.34. The Morgan fingerprint density at radius 1 is 1.00 bits per heavy atom. The van der Waals surface area contributed by atoms with Gasteiger partial charge < -0.3 is 5.32 Å². The van der Waals surface area contributed by atoms with Crippen LogP contribution in [0.15, 0.2) is 48.7 Å². The number of nitrogens with zero attached hydrogens (tertiary/aromatic N) is 1. The zero-order valence-electron chi connectivity index (χ0n) is 12.3. The summed E-state index contributed by atoms with van der Waals surface area (Å²) in [5.74, 6) is -1.17. The lowest BCUT2D eigenvalue weighted by Gasteiger charge is -2.35. The van der Waals surface area contributed by atoms with E-state index in [-0.39, 0.29) is 5.91 Å². The number of hydrogen-bond acceptors (Lipinski definition) is 3. The Kier molecular flexibility index (Phi) is 2.84. The molecule has 0 spiro atoms. The molecule has 5 nitrogen and oxygen atoms in total. The summed E-state index contributed by atoms with van der Waals surface area (Å²) in [7, 11) is 0. The van der Waals surface area contributed by atoms with E-state index in [0.29, 0.717) is 35.1 Å². The summed E-state index contributed by atoms with van der Waals surface area (Å²) in [6.45, 7) is 3.73. The third-order valence-corrected chi connectivity index (χ3v) is 4.44. The lowest BCUT2D eigenvalue weighted by molar-refractivity contribution is -0.125. The first-order chi connectivity index (χ1) is 11.1. The van der Waals surface area contributed by atoms with Gasteiger partial charge >= 0.3 is 0 Å². The lowest BCUT2D eigenvalue weighted by atomic mass is 9.91. The fourth-order valence-electron chi connectivity index (χ4n) is 3.34. The number of imide groups is 1. The van der Waals surface area contributed by atoms with Crippen molar-refractivity contribution in [2.75, 3.05) is 0 Å². The van der Waals surface area contributed by atoms with Crippen LogP contribution in [0.3, 0.4) is 0 Å². The van der Waals surface area contributed by atoms with Gasteiger partial charge in [-0.2, -0.15) is 0 Å². The monoisotopic (exact) mass is 306 g/mol. The summed E-state index contributed by atoms with van der Waals surface area (Å²) >= 11 is 0. The van der Waals surface area contributed by atoms with Crippen LogP contribution in [-0.2, 0) is 4.79 Å². The minimum Gasteiger partial charge on any atom is -0.329 e. The van der Waals surface area contributed by atoms with Crippen LogP contribution in [0.25, 0.3) is 10.8 Å². The Labute approximate surface area is 132 Å². The molecule has 3 amide bonds. The summed E-state index contributed by atoms with van der Waals surface area (Å²) < 4.78 is 0. The molecular formula is C18H14N2O3. The number of allylic oxidation sites excluding steroid dienone is 1. The van der Waals surface area contributed by atoms with Crippen LogP contribution in [-0.4, -0.2) is 28.7 Å². The van der Waals surface area contributed by atoms with Gasteiger partial charge in [-0.1, -0.05) is 30.8 Å². The van der Waals surface area contributed by atoms with Crippen molar-refractivity contribution in [2.24, 2.45) is 0 Å². The van der Waals surface area contributed by atoms with Gasteiger partial charge in [0.2, 0.25) is 5.91 Å². The SMILES string of the molecule is C=C1CCC(N2C(=O)c3cccc4cccc(c34)C2=O)C(=O)N1. The average Bonchev–Trinajstić information content (AvgIpc) is 2.54. The molecule has 114 valence electrons. The number of carbonyl (C=O) groups excluding carboxylic acids is 3. The van der Waals surface area contributed by atoms with Gasteiger partial charge in [0.15, 0.2) is 0 Å². The minimum absolute atomic E-state index is 0.352. The molecule has 0 bridgehead atoms. The predicted molar refractivity (Wildman–Crippen MR) is 84.8 cm³/mol. The molecule has 0 radical (unpaired) electrons. The maximum atomic E-state index is 12.8. The highest BCUT2D eigenvalue weighted by Crippen LogP contribution is 2.32. The standard InChI is InChI=1S/C18H14N2O3/c1-10-8-9-14(16(21)19-10)20-17(22)12-6-2-4-11-5-3-7-13(15(11)12)18(20)23/h2-7,14H,1,8-9H2,(H,19,21). The maximum Gasteiger partial charge on any atom is 0.262 e. The molecule has 0 saturated carbocycles. The van der Waals surface area contributed by atoms with Crippen LogP contribution in [0.5, 0.6) is 0 Å². The highest BCUT2D eigenvalue weighted by Gasteiger charge is 2.41. The molecule has 2 heterocycles. The van der Waals surface area contributed by atoms with Crippen molar-refractivity contribution in [2.45, 2.75) is 18.9 Å². The van der Waals surface area contributed by atoms with Gasteiger partial charge in [0.1, 0.15) is 6.04 Å². The molecule has 1 unspecified atom stereocenters. The van der Waals surface area contributed by atoms with E-state index in [1.165, 1.54) is 0 Å². The zero-order chi connectivity index (χ0) is 16.1. The van der Waals surface area contributed by atoms with E-state index in [2.05, 4.69) is 11.9 Å². The van der Waals surface area contributed by atoms with Gasteiger partial charge in [0, 0.05) is 22.2 Å². The third kappa shape index (κ3) is 1.90. The summed E-state index contributed by atoms with van der Waals surface area (Å²) in [6, 6.07) is 9.93. The first-order valence-corrected chi connectivity index (χ1v) is 7.46. The second kappa shape index (κ2) is 4.78. The molecule has 2 aliphatic heterocycles. The molecule has 1 saturated heterocycles. The Hall–Kier alpha value is -2.95. The van der Waals surface area contributed by atoms with Crippen molar-refractivity contribution < 1.29 is 14.4 Å². The van der Waals surface area contributed by atoms with Gasteiger partial charge in [0.25, 0.3) is 11.8 Å². The minimum atomic E-state index is -0.788. The van der Waals surface area contributed by atoms with Crippen molar-refractivity contribution in [1.82, 2.24) is 10.2 Å². The Balaban J connectivity index is 1.86. The molecule has 23 heavy (non-hydrogen) atoms. The molecular weight excluding hydrogens is 292 g/mol. The topological polar surface area (TPSA) is 66.5 Å². The van der Waals surface area contributed by atoms with E-state index < -0.39 is 17.9 Å². The molecule has 2 aromatic rings. The second-order valence-electron chi connectivity index (χ2n) is 5.84. The molecule has 2 aromatic carbocycles. The number of carbonyl (C=O) groups is 3. The molecule has 1 N–H and O–H groups in total. The molecule has 1 fully saturated rings. The number of hydrogen-bond donors (Lipinski definition) is 1. The number of rotatable bonds is 1. The van der Waals surface area contributed by atoms with Crippen LogP contribution < -0.4 is 5.32 Å². The molecule has 0 aromatic heterocycles. The molecule has 2 aliphatic rings. The first-order valence-electron chi connectivity index (χ1n) is 7.46. The van der Waals surface area contributed by atoms with Crippen LogP contribution in [0.4, 0.5) is 0 Å². The van der Waals surface area contributed by atoms with E-state index in [1.807, 2.05) is 12.1 Å². The van der Waals surface area contributed by atoms with E-state index in [0.717, 1.165) is 10.3 Å². The normalized spacial score (nSPS) is 20.9. The van der Waals surface area contributed by atoms with Crippen molar-refractivity contribution >= 4 is 28.5 Å². The predicted octanol–water partition coefficient (Wildman–Crippen LogP) is 2.23. The number of benzene rings is 2. The zero-order valence-corrected chi connectivity index (χ0v) is 12.3. The molecule has 0 aliphatic carbocycles. The number of nitrogens with one attached hydrogen (secondary N) is 1. The highest BCUT2D eigenvalue weighted by atomic mass is 16.2. The van der Waals surface area contributed by atoms with Gasteiger partial charge in [0.05, 0.1) is 0 Å². The lowest BCUT2D eigenvalue weighted by Crippen LogP contribution is -2.55. The summed E-state index contributed by atoms with van der Waals surface area (Å²) in [5.41, 5.74) is 1.55. The van der Waals surface area contributed by atoms with Crippen molar-refractivity contribution in [3.05, 3.63) is 59.8 Å². The Morgan fingerprint density at radius 3 is 2.17 bits per heavy atom. The Bertz CT molecular complexity index is 850. The fraction of sp³-hybridized carbons (Fsp3) is 0.167. The third-order valence-electron chi connectivity index (χ3n) is 4.44. The van der Waals surface area contributed by atoms with Gasteiger partial charge in [-0.3, -0.25) is 19.3 Å². The number of amides is 3. The van der Waals surface area contributed by atoms with Gasteiger partial charge in [-0.25, -0.2) is 0 Å². The quantitative estimate of drug-likeness (QED) is 0.822. The molecule has 5 heteroatoms.